The van der Waals surface area contributed by atoms with Gasteiger partial charge in [0.05, 0.1) is 6.04 Å². The lowest BCUT2D eigenvalue weighted by molar-refractivity contribution is -0.117. The molecule has 0 saturated carbocycles. The minimum atomic E-state index is -0.499. The third-order valence-corrected chi connectivity index (χ3v) is 2.95. The highest BCUT2D eigenvalue weighted by atomic mass is 32.1. The summed E-state index contributed by atoms with van der Waals surface area (Å²) in [6.07, 6.45) is 1.78. The fourth-order valence-corrected chi connectivity index (χ4v) is 1.65. The van der Waals surface area contributed by atoms with E-state index >= 15 is 0 Å². The van der Waals surface area contributed by atoms with Crippen LogP contribution in [0.15, 0.2) is 6.20 Å². The quantitative estimate of drug-likeness (QED) is 0.800. The van der Waals surface area contributed by atoms with Gasteiger partial charge < -0.3 is 11.1 Å². The van der Waals surface area contributed by atoms with Gasteiger partial charge in [-0.1, -0.05) is 13.8 Å². The van der Waals surface area contributed by atoms with Crippen molar-refractivity contribution >= 4 is 22.4 Å². The van der Waals surface area contributed by atoms with Crippen LogP contribution >= 0.6 is 11.3 Å². The van der Waals surface area contributed by atoms with E-state index in [-0.39, 0.29) is 5.91 Å². The molecule has 0 fully saturated rings. The smallest absolute Gasteiger partial charge is 0.242 e. The number of carbonyl (C=O) groups is 1. The maximum Gasteiger partial charge on any atom is 0.242 e. The second-order valence-electron chi connectivity index (χ2n) is 3.50. The highest BCUT2D eigenvalue weighted by Gasteiger charge is 2.11. The van der Waals surface area contributed by atoms with Crippen LogP contribution < -0.4 is 11.1 Å². The zero-order valence-electron chi connectivity index (χ0n) is 8.57. The summed E-state index contributed by atoms with van der Waals surface area (Å²) in [5.41, 5.74) is 5.42. The van der Waals surface area contributed by atoms with Gasteiger partial charge in [-0.05, 0) is 12.8 Å². The van der Waals surface area contributed by atoms with Crippen molar-refractivity contribution in [3.8, 4) is 0 Å². The van der Waals surface area contributed by atoms with Gasteiger partial charge in [-0.3, -0.25) is 4.79 Å². The fourth-order valence-electron chi connectivity index (χ4n) is 0.831. The van der Waals surface area contributed by atoms with Gasteiger partial charge in [0, 0.05) is 11.1 Å². The molecule has 0 aliphatic carbocycles. The Hall–Kier alpha value is -0.940. The number of nitrogens with one attached hydrogen (secondary N) is 1. The Bertz CT molecular complexity index is 320. The minimum Gasteiger partial charge on any atom is -0.320 e. The first-order chi connectivity index (χ1) is 6.50. The van der Waals surface area contributed by atoms with Crippen LogP contribution in [0, 0.1) is 0 Å². The average Bonchev–Trinajstić information content (AvgIpc) is 2.52. The van der Waals surface area contributed by atoms with E-state index in [1.54, 1.807) is 13.1 Å². The molecule has 0 aliphatic rings. The Labute approximate surface area is 87.5 Å². The van der Waals surface area contributed by atoms with Crippen LogP contribution in [0.25, 0.3) is 0 Å². The largest absolute Gasteiger partial charge is 0.320 e. The molecule has 3 N–H and O–H groups in total. The second-order valence-corrected chi connectivity index (χ2v) is 4.56. The molecule has 1 rings (SSSR count). The Morgan fingerprint density at radius 1 is 1.57 bits per heavy atom. The molecular weight excluding hydrogens is 198 g/mol. The average molecular weight is 213 g/mol. The molecular formula is C9H15N3OS. The number of rotatable bonds is 3. The SMILES string of the molecule is CC(C)c1cnc(NC(=O)[C@@H](C)N)s1. The van der Waals surface area contributed by atoms with Gasteiger partial charge in [-0.15, -0.1) is 11.3 Å². The van der Waals surface area contributed by atoms with Gasteiger partial charge in [-0.25, -0.2) is 4.98 Å². The molecule has 14 heavy (non-hydrogen) atoms. The van der Waals surface area contributed by atoms with Gasteiger partial charge in [0.25, 0.3) is 0 Å². The predicted molar refractivity (Wildman–Crippen MR) is 58.5 cm³/mol. The summed E-state index contributed by atoms with van der Waals surface area (Å²) in [6, 6.07) is -0.499. The molecule has 4 nitrogen and oxygen atoms in total. The van der Waals surface area contributed by atoms with Gasteiger partial charge >= 0.3 is 0 Å². The summed E-state index contributed by atoms with van der Waals surface area (Å²) in [5, 5.41) is 3.28. The van der Waals surface area contributed by atoms with Crippen molar-refractivity contribution in [1.29, 1.82) is 0 Å². The topological polar surface area (TPSA) is 68.0 Å². The first kappa shape index (κ1) is 11.1. The predicted octanol–water partition coefficient (Wildman–Crippen LogP) is 1.55. The molecule has 0 spiro atoms. The Morgan fingerprint density at radius 2 is 2.21 bits per heavy atom. The third kappa shape index (κ3) is 2.78. The van der Waals surface area contributed by atoms with Crippen molar-refractivity contribution in [3.05, 3.63) is 11.1 Å². The molecule has 0 unspecified atom stereocenters. The Morgan fingerprint density at radius 3 is 2.64 bits per heavy atom. The van der Waals surface area contributed by atoms with Gasteiger partial charge in [-0.2, -0.15) is 0 Å². The highest BCUT2D eigenvalue weighted by Crippen LogP contribution is 2.24. The molecule has 0 saturated heterocycles. The van der Waals surface area contributed by atoms with E-state index in [0.29, 0.717) is 11.0 Å². The maximum atomic E-state index is 11.2. The number of nitrogens with zero attached hydrogens (tertiary/aromatic N) is 1. The van der Waals surface area contributed by atoms with Crippen LogP contribution in [0.1, 0.15) is 31.6 Å². The lowest BCUT2D eigenvalue weighted by Crippen LogP contribution is -2.32. The van der Waals surface area contributed by atoms with E-state index in [4.69, 9.17) is 5.73 Å². The number of amides is 1. The van der Waals surface area contributed by atoms with E-state index in [0.717, 1.165) is 4.88 Å². The summed E-state index contributed by atoms with van der Waals surface area (Å²) >= 11 is 1.49. The van der Waals surface area contributed by atoms with Crippen molar-refractivity contribution in [2.45, 2.75) is 32.7 Å². The van der Waals surface area contributed by atoms with Crippen LogP contribution in [-0.4, -0.2) is 16.9 Å². The highest BCUT2D eigenvalue weighted by molar-refractivity contribution is 7.15. The van der Waals surface area contributed by atoms with Crippen molar-refractivity contribution in [3.63, 3.8) is 0 Å². The monoisotopic (exact) mass is 213 g/mol. The fraction of sp³-hybridized carbons (Fsp3) is 0.556. The molecule has 1 atom stereocenters. The molecule has 5 heteroatoms. The van der Waals surface area contributed by atoms with E-state index < -0.39 is 6.04 Å². The molecule has 0 aliphatic heterocycles. The van der Waals surface area contributed by atoms with Crippen molar-refractivity contribution in [2.24, 2.45) is 5.73 Å². The van der Waals surface area contributed by atoms with E-state index in [2.05, 4.69) is 24.1 Å². The molecule has 0 aromatic carbocycles. The molecule has 1 aromatic heterocycles. The molecule has 78 valence electrons. The van der Waals surface area contributed by atoms with Crippen LogP contribution in [-0.2, 0) is 4.79 Å². The molecule has 1 heterocycles. The van der Waals surface area contributed by atoms with Crippen molar-refractivity contribution < 1.29 is 4.79 Å². The number of nitrogens with two attached hydrogens (primary N) is 1. The van der Waals surface area contributed by atoms with Crippen LogP contribution in [0.4, 0.5) is 5.13 Å². The zero-order chi connectivity index (χ0) is 10.7. The lowest BCUT2D eigenvalue weighted by Gasteiger charge is -2.03. The number of hydrogen-bond acceptors (Lipinski definition) is 4. The summed E-state index contributed by atoms with van der Waals surface area (Å²) in [4.78, 5) is 16.5. The molecule has 0 radical (unpaired) electrons. The summed E-state index contributed by atoms with van der Waals surface area (Å²) in [5.74, 6) is 0.239. The minimum absolute atomic E-state index is 0.199. The van der Waals surface area contributed by atoms with Crippen LogP contribution in [0.2, 0.25) is 0 Å². The molecule has 1 aromatic rings. The number of thiazole rings is 1. The Balaban J connectivity index is 2.64. The van der Waals surface area contributed by atoms with Crippen LogP contribution in [0.5, 0.6) is 0 Å². The van der Waals surface area contributed by atoms with E-state index in [1.807, 2.05) is 0 Å². The standard InChI is InChI=1S/C9H15N3OS/c1-5(2)7-4-11-9(14-7)12-8(13)6(3)10/h4-6H,10H2,1-3H3,(H,11,12,13)/t6-/m1/s1. The number of aromatic nitrogens is 1. The van der Waals surface area contributed by atoms with Crippen LogP contribution in [0.3, 0.4) is 0 Å². The van der Waals surface area contributed by atoms with Gasteiger partial charge in [0.15, 0.2) is 5.13 Å². The van der Waals surface area contributed by atoms with Gasteiger partial charge in [0.2, 0.25) is 5.91 Å². The number of hydrogen-bond donors (Lipinski definition) is 2. The summed E-state index contributed by atoms with van der Waals surface area (Å²) < 4.78 is 0. The lowest BCUT2D eigenvalue weighted by atomic mass is 10.2. The first-order valence-electron chi connectivity index (χ1n) is 4.53. The number of anilines is 1. The van der Waals surface area contributed by atoms with Crippen molar-refractivity contribution in [1.82, 2.24) is 4.98 Å². The maximum absolute atomic E-state index is 11.2. The Kier molecular flexibility index (Phi) is 3.60. The summed E-state index contributed by atoms with van der Waals surface area (Å²) in [7, 11) is 0. The normalized spacial score (nSPS) is 12.9. The first-order valence-corrected chi connectivity index (χ1v) is 5.34. The van der Waals surface area contributed by atoms with Crippen molar-refractivity contribution in [2.75, 3.05) is 5.32 Å². The number of carbonyl (C=O) groups excluding carboxylic acids is 1. The zero-order valence-corrected chi connectivity index (χ0v) is 9.39. The molecule has 0 bridgehead atoms. The third-order valence-electron chi connectivity index (χ3n) is 1.74. The summed E-state index contributed by atoms with van der Waals surface area (Å²) in [6.45, 7) is 5.82. The molecule has 1 amide bonds. The second kappa shape index (κ2) is 4.52. The van der Waals surface area contributed by atoms with Gasteiger partial charge in [0.1, 0.15) is 0 Å². The van der Waals surface area contributed by atoms with E-state index in [1.165, 1.54) is 11.3 Å². The van der Waals surface area contributed by atoms with E-state index in [9.17, 15) is 4.79 Å².